The number of hydrogen-bond donors (Lipinski definition) is 2. The predicted molar refractivity (Wildman–Crippen MR) is 69.5 cm³/mol. The fourth-order valence-electron chi connectivity index (χ4n) is 1.92. The molecular formula is C14H19NO3. The Morgan fingerprint density at radius 3 is 2.78 bits per heavy atom. The average Bonchev–Trinajstić information content (AvgIpc) is 2.31. The Labute approximate surface area is 107 Å². The largest absolute Gasteiger partial charge is 0.481 e. The Balaban J connectivity index is 2.72. The summed E-state index contributed by atoms with van der Waals surface area (Å²) >= 11 is 0. The Kier molecular flexibility index (Phi) is 5.36. The van der Waals surface area contributed by atoms with E-state index in [9.17, 15) is 9.59 Å². The van der Waals surface area contributed by atoms with Crippen molar-refractivity contribution in [3.63, 3.8) is 0 Å². The van der Waals surface area contributed by atoms with Gasteiger partial charge in [-0.2, -0.15) is 0 Å². The number of aryl methyl sites for hydroxylation is 2. The van der Waals surface area contributed by atoms with Crippen LogP contribution in [-0.4, -0.2) is 23.5 Å². The summed E-state index contributed by atoms with van der Waals surface area (Å²) < 4.78 is 0. The van der Waals surface area contributed by atoms with Crippen molar-refractivity contribution in [2.75, 3.05) is 0 Å². The van der Waals surface area contributed by atoms with Crippen LogP contribution in [0.15, 0.2) is 18.2 Å². The van der Waals surface area contributed by atoms with Gasteiger partial charge >= 0.3 is 5.97 Å². The number of amides is 1. The maximum atomic E-state index is 10.6. The highest BCUT2D eigenvalue weighted by atomic mass is 16.4. The molecule has 4 heteroatoms. The molecule has 0 aliphatic heterocycles. The van der Waals surface area contributed by atoms with Crippen LogP contribution < -0.4 is 5.32 Å². The maximum Gasteiger partial charge on any atom is 0.303 e. The third-order valence-electron chi connectivity index (χ3n) is 2.98. The van der Waals surface area contributed by atoms with Gasteiger partial charge < -0.3 is 10.4 Å². The third-order valence-corrected chi connectivity index (χ3v) is 2.98. The standard InChI is InChI=1S/C14H19NO3/c1-10-3-4-11(2)12(7-10)8-13(15-9-16)5-6-14(17)18/h3-4,7,9,13H,5-6,8H2,1-2H3,(H,15,16)(H,17,18). The molecule has 0 aliphatic carbocycles. The molecule has 1 atom stereocenters. The summed E-state index contributed by atoms with van der Waals surface area (Å²) in [6, 6.07) is 6.03. The average molecular weight is 249 g/mol. The quantitative estimate of drug-likeness (QED) is 0.724. The van der Waals surface area contributed by atoms with Crippen molar-refractivity contribution in [2.45, 2.75) is 39.2 Å². The first kappa shape index (κ1) is 14.2. The summed E-state index contributed by atoms with van der Waals surface area (Å²) in [6.45, 7) is 4.03. The first-order valence-corrected chi connectivity index (χ1v) is 6.00. The second kappa shape index (κ2) is 6.79. The summed E-state index contributed by atoms with van der Waals surface area (Å²) in [4.78, 5) is 21.1. The Bertz CT molecular complexity index is 429. The van der Waals surface area contributed by atoms with E-state index in [-0.39, 0.29) is 12.5 Å². The lowest BCUT2D eigenvalue weighted by molar-refractivity contribution is -0.137. The van der Waals surface area contributed by atoms with E-state index < -0.39 is 5.97 Å². The van der Waals surface area contributed by atoms with E-state index in [4.69, 9.17) is 5.11 Å². The highest BCUT2D eigenvalue weighted by molar-refractivity contribution is 5.66. The molecule has 0 saturated carbocycles. The van der Waals surface area contributed by atoms with E-state index in [1.807, 2.05) is 26.0 Å². The molecule has 1 amide bonds. The Morgan fingerprint density at radius 1 is 1.44 bits per heavy atom. The van der Waals surface area contributed by atoms with Crippen LogP contribution in [0.3, 0.4) is 0 Å². The molecule has 0 saturated heterocycles. The number of carbonyl (C=O) groups excluding carboxylic acids is 1. The zero-order chi connectivity index (χ0) is 13.5. The van der Waals surface area contributed by atoms with Crippen LogP contribution in [0.4, 0.5) is 0 Å². The van der Waals surface area contributed by atoms with Crippen molar-refractivity contribution in [2.24, 2.45) is 0 Å². The number of carboxylic acids is 1. The van der Waals surface area contributed by atoms with E-state index in [2.05, 4.69) is 11.4 Å². The molecule has 4 nitrogen and oxygen atoms in total. The second-order valence-electron chi connectivity index (χ2n) is 4.55. The molecule has 0 heterocycles. The molecule has 1 aromatic carbocycles. The minimum Gasteiger partial charge on any atom is -0.481 e. The van der Waals surface area contributed by atoms with Crippen molar-refractivity contribution in [3.8, 4) is 0 Å². The van der Waals surface area contributed by atoms with Gasteiger partial charge in [0.2, 0.25) is 6.41 Å². The van der Waals surface area contributed by atoms with Crippen molar-refractivity contribution < 1.29 is 14.7 Å². The first-order chi connectivity index (χ1) is 8.52. The van der Waals surface area contributed by atoms with Crippen molar-refractivity contribution >= 4 is 12.4 Å². The van der Waals surface area contributed by atoms with E-state index in [1.165, 1.54) is 5.56 Å². The van der Waals surface area contributed by atoms with Gasteiger partial charge in [-0.3, -0.25) is 9.59 Å². The van der Waals surface area contributed by atoms with Gasteiger partial charge in [-0.25, -0.2) is 0 Å². The summed E-state index contributed by atoms with van der Waals surface area (Å²) in [5, 5.41) is 11.4. The molecule has 0 bridgehead atoms. The number of nitrogens with one attached hydrogen (secondary N) is 1. The van der Waals surface area contributed by atoms with Crippen LogP contribution in [-0.2, 0) is 16.0 Å². The number of hydrogen-bond acceptors (Lipinski definition) is 2. The summed E-state index contributed by atoms with van der Waals surface area (Å²) in [5.41, 5.74) is 3.48. The summed E-state index contributed by atoms with van der Waals surface area (Å²) in [6.07, 6.45) is 1.81. The molecule has 0 aliphatic rings. The molecular weight excluding hydrogens is 230 g/mol. The highest BCUT2D eigenvalue weighted by Gasteiger charge is 2.12. The molecule has 98 valence electrons. The van der Waals surface area contributed by atoms with Crippen molar-refractivity contribution in [3.05, 3.63) is 34.9 Å². The lowest BCUT2D eigenvalue weighted by Crippen LogP contribution is -2.30. The minimum atomic E-state index is -0.839. The smallest absolute Gasteiger partial charge is 0.303 e. The van der Waals surface area contributed by atoms with E-state index in [1.54, 1.807) is 0 Å². The molecule has 1 unspecified atom stereocenters. The zero-order valence-corrected chi connectivity index (χ0v) is 10.8. The minimum absolute atomic E-state index is 0.0658. The lowest BCUT2D eigenvalue weighted by Gasteiger charge is -2.17. The predicted octanol–water partition coefficient (Wildman–Crippen LogP) is 1.83. The van der Waals surface area contributed by atoms with Crippen LogP contribution in [0.5, 0.6) is 0 Å². The molecule has 1 rings (SSSR count). The Morgan fingerprint density at radius 2 is 2.17 bits per heavy atom. The van der Waals surface area contributed by atoms with Crippen LogP contribution in [0, 0.1) is 13.8 Å². The van der Waals surface area contributed by atoms with Gasteiger partial charge in [-0.05, 0) is 37.8 Å². The fraction of sp³-hybridized carbons (Fsp3) is 0.429. The molecule has 18 heavy (non-hydrogen) atoms. The highest BCUT2D eigenvalue weighted by Crippen LogP contribution is 2.14. The second-order valence-corrected chi connectivity index (χ2v) is 4.55. The van der Waals surface area contributed by atoms with Gasteiger partial charge in [-0.1, -0.05) is 23.8 Å². The molecule has 1 aromatic rings. The SMILES string of the molecule is Cc1ccc(C)c(CC(CCC(=O)O)NC=O)c1. The summed E-state index contributed by atoms with van der Waals surface area (Å²) in [7, 11) is 0. The van der Waals surface area contributed by atoms with Crippen LogP contribution in [0.2, 0.25) is 0 Å². The van der Waals surface area contributed by atoms with Gasteiger partial charge in [0.25, 0.3) is 0 Å². The Hall–Kier alpha value is -1.84. The van der Waals surface area contributed by atoms with Gasteiger partial charge in [0.15, 0.2) is 0 Å². The number of aliphatic carboxylic acids is 1. The van der Waals surface area contributed by atoms with Gasteiger partial charge in [0.05, 0.1) is 0 Å². The van der Waals surface area contributed by atoms with Gasteiger partial charge in [0, 0.05) is 12.5 Å². The molecule has 0 spiro atoms. The topological polar surface area (TPSA) is 66.4 Å². The maximum absolute atomic E-state index is 10.6. The zero-order valence-electron chi connectivity index (χ0n) is 10.8. The van der Waals surface area contributed by atoms with Crippen LogP contribution in [0.1, 0.15) is 29.5 Å². The number of rotatable bonds is 7. The number of carboxylic acid groups (broad SMARTS) is 1. The van der Waals surface area contributed by atoms with Crippen molar-refractivity contribution in [1.29, 1.82) is 0 Å². The van der Waals surface area contributed by atoms with Gasteiger partial charge in [-0.15, -0.1) is 0 Å². The van der Waals surface area contributed by atoms with E-state index >= 15 is 0 Å². The van der Waals surface area contributed by atoms with Crippen LogP contribution in [0.25, 0.3) is 0 Å². The fourth-order valence-corrected chi connectivity index (χ4v) is 1.92. The molecule has 0 fully saturated rings. The monoisotopic (exact) mass is 249 g/mol. The number of benzene rings is 1. The third kappa shape index (κ3) is 4.57. The van der Waals surface area contributed by atoms with Crippen LogP contribution >= 0.6 is 0 Å². The molecule has 2 N–H and O–H groups in total. The molecule has 0 aromatic heterocycles. The van der Waals surface area contributed by atoms with E-state index in [0.717, 1.165) is 11.1 Å². The van der Waals surface area contributed by atoms with E-state index in [0.29, 0.717) is 19.3 Å². The first-order valence-electron chi connectivity index (χ1n) is 6.00. The van der Waals surface area contributed by atoms with Gasteiger partial charge in [0.1, 0.15) is 0 Å². The van der Waals surface area contributed by atoms with Crippen molar-refractivity contribution in [1.82, 2.24) is 5.32 Å². The lowest BCUT2D eigenvalue weighted by atomic mass is 9.97. The number of carbonyl (C=O) groups is 2. The normalized spacial score (nSPS) is 11.9. The molecule has 0 radical (unpaired) electrons. The summed E-state index contributed by atoms with van der Waals surface area (Å²) in [5.74, 6) is -0.839.